The van der Waals surface area contributed by atoms with E-state index in [9.17, 15) is 4.39 Å². The van der Waals surface area contributed by atoms with Crippen LogP contribution in [0.4, 0.5) is 10.1 Å². The minimum atomic E-state index is -1.43. The van der Waals surface area contributed by atoms with Crippen molar-refractivity contribution >= 4 is 11.5 Å². The van der Waals surface area contributed by atoms with Crippen LogP contribution in [0.15, 0.2) is 23.2 Å². The molecule has 2 unspecified atom stereocenters. The average molecular weight is 234 g/mol. The first kappa shape index (κ1) is 10.6. The number of nitrogens with zero attached hydrogens (tertiary/aromatic N) is 1. The third-order valence-electron chi connectivity index (χ3n) is 3.87. The van der Waals surface area contributed by atoms with E-state index in [4.69, 9.17) is 10.5 Å². The first-order valence-electron chi connectivity index (χ1n) is 5.86. The number of nitrogens with two attached hydrogens (primary N) is 1. The molecule has 1 aromatic carbocycles. The third kappa shape index (κ3) is 1.36. The standard InChI is InChI=1S/C13H15FN2O/c1-17-8-4-5-9-10-3-2-6-13(10,14)12(15)16-11(9)7-8/h4-5,7,10H,2-3,6H2,1H3,(H2,15,16). The Morgan fingerprint density at radius 1 is 1.53 bits per heavy atom. The van der Waals surface area contributed by atoms with Crippen molar-refractivity contribution in [2.24, 2.45) is 10.7 Å². The number of amidine groups is 1. The zero-order valence-corrected chi connectivity index (χ0v) is 9.74. The van der Waals surface area contributed by atoms with E-state index in [0.717, 1.165) is 29.8 Å². The molecule has 0 bridgehead atoms. The molecule has 3 rings (SSSR count). The number of halogens is 1. The fraction of sp³-hybridized carbons (Fsp3) is 0.462. The summed E-state index contributed by atoms with van der Waals surface area (Å²) in [6, 6.07) is 5.59. The van der Waals surface area contributed by atoms with Crippen LogP contribution >= 0.6 is 0 Å². The van der Waals surface area contributed by atoms with Crippen LogP contribution in [0.25, 0.3) is 0 Å². The van der Waals surface area contributed by atoms with Crippen LogP contribution in [0, 0.1) is 0 Å². The second kappa shape index (κ2) is 3.45. The summed E-state index contributed by atoms with van der Waals surface area (Å²) in [6.45, 7) is 0. The molecule has 90 valence electrons. The van der Waals surface area contributed by atoms with Crippen LogP contribution in [0.2, 0.25) is 0 Å². The molecule has 2 aliphatic rings. The van der Waals surface area contributed by atoms with Crippen molar-refractivity contribution in [3.8, 4) is 5.75 Å². The van der Waals surface area contributed by atoms with E-state index < -0.39 is 5.67 Å². The lowest BCUT2D eigenvalue weighted by Crippen LogP contribution is -2.43. The molecule has 3 nitrogen and oxygen atoms in total. The van der Waals surface area contributed by atoms with Gasteiger partial charge in [0.2, 0.25) is 0 Å². The second-order valence-electron chi connectivity index (χ2n) is 4.73. The molecule has 1 fully saturated rings. The SMILES string of the molecule is COc1ccc2c(c1)N=C(N)C1(F)CCCC21. The van der Waals surface area contributed by atoms with Gasteiger partial charge < -0.3 is 10.5 Å². The molecule has 0 radical (unpaired) electrons. The maximum atomic E-state index is 14.7. The fourth-order valence-electron chi connectivity index (χ4n) is 2.94. The first-order valence-corrected chi connectivity index (χ1v) is 5.86. The number of aliphatic imine (C=N–C) groups is 1. The zero-order valence-electron chi connectivity index (χ0n) is 9.74. The summed E-state index contributed by atoms with van der Waals surface area (Å²) in [7, 11) is 1.60. The molecule has 0 spiro atoms. The number of methoxy groups -OCH3 is 1. The van der Waals surface area contributed by atoms with E-state index in [1.54, 1.807) is 7.11 Å². The van der Waals surface area contributed by atoms with Crippen molar-refractivity contribution in [1.29, 1.82) is 0 Å². The van der Waals surface area contributed by atoms with Gasteiger partial charge in [-0.15, -0.1) is 0 Å². The lowest BCUT2D eigenvalue weighted by molar-refractivity contribution is 0.232. The summed E-state index contributed by atoms with van der Waals surface area (Å²) >= 11 is 0. The molecule has 0 amide bonds. The maximum absolute atomic E-state index is 14.7. The van der Waals surface area contributed by atoms with Gasteiger partial charge in [0, 0.05) is 12.0 Å². The van der Waals surface area contributed by atoms with E-state index in [1.807, 2.05) is 18.2 Å². The Morgan fingerprint density at radius 2 is 2.35 bits per heavy atom. The van der Waals surface area contributed by atoms with E-state index in [1.165, 1.54) is 0 Å². The molecule has 1 saturated carbocycles. The number of alkyl halides is 1. The first-order chi connectivity index (χ1) is 8.15. The minimum absolute atomic E-state index is 0.126. The molecule has 17 heavy (non-hydrogen) atoms. The Balaban J connectivity index is 2.16. The van der Waals surface area contributed by atoms with Crippen LogP contribution in [0.3, 0.4) is 0 Å². The lowest BCUT2D eigenvalue weighted by Gasteiger charge is -2.32. The number of fused-ring (bicyclic) bond motifs is 3. The van der Waals surface area contributed by atoms with E-state index >= 15 is 0 Å². The monoisotopic (exact) mass is 234 g/mol. The number of hydrogen-bond donors (Lipinski definition) is 1. The maximum Gasteiger partial charge on any atom is 0.174 e. The minimum Gasteiger partial charge on any atom is -0.497 e. The van der Waals surface area contributed by atoms with Gasteiger partial charge in [-0.25, -0.2) is 9.38 Å². The zero-order chi connectivity index (χ0) is 12.0. The van der Waals surface area contributed by atoms with Gasteiger partial charge in [-0.2, -0.15) is 0 Å². The molecule has 0 saturated heterocycles. The van der Waals surface area contributed by atoms with Crippen molar-refractivity contribution in [3.63, 3.8) is 0 Å². The topological polar surface area (TPSA) is 47.6 Å². The van der Waals surface area contributed by atoms with Crippen molar-refractivity contribution in [1.82, 2.24) is 0 Å². The summed E-state index contributed by atoms with van der Waals surface area (Å²) in [5.41, 5.74) is 6.08. The predicted molar refractivity (Wildman–Crippen MR) is 64.7 cm³/mol. The van der Waals surface area contributed by atoms with Crippen LogP contribution in [-0.2, 0) is 0 Å². The van der Waals surface area contributed by atoms with Crippen LogP contribution in [-0.4, -0.2) is 18.6 Å². The number of benzene rings is 1. The van der Waals surface area contributed by atoms with E-state index in [-0.39, 0.29) is 11.8 Å². The molecule has 4 heteroatoms. The van der Waals surface area contributed by atoms with Gasteiger partial charge in [0.25, 0.3) is 0 Å². The van der Waals surface area contributed by atoms with Gasteiger partial charge in [0.05, 0.1) is 12.8 Å². The van der Waals surface area contributed by atoms with Crippen molar-refractivity contribution in [2.75, 3.05) is 7.11 Å². The Bertz CT molecular complexity index is 500. The lowest BCUT2D eigenvalue weighted by atomic mass is 9.82. The molecular formula is C13H15FN2O. The molecule has 1 heterocycles. The van der Waals surface area contributed by atoms with E-state index in [2.05, 4.69) is 4.99 Å². The van der Waals surface area contributed by atoms with Crippen molar-refractivity contribution in [3.05, 3.63) is 23.8 Å². The largest absolute Gasteiger partial charge is 0.497 e. The summed E-state index contributed by atoms with van der Waals surface area (Å²) in [4.78, 5) is 4.21. The van der Waals surface area contributed by atoms with E-state index in [0.29, 0.717) is 6.42 Å². The van der Waals surface area contributed by atoms with Gasteiger partial charge in [0.15, 0.2) is 5.67 Å². The molecule has 0 aromatic heterocycles. The summed E-state index contributed by atoms with van der Waals surface area (Å²) in [5, 5.41) is 0. The molecule has 2 N–H and O–H groups in total. The highest BCUT2D eigenvalue weighted by molar-refractivity contribution is 5.95. The summed E-state index contributed by atoms with van der Waals surface area (Å²) in [6.07, 6.45) is 2.19. The van der Waals surface area contributed by atoms with Gasteiger partial charge in [-0.3, -0.25) is 0 Å². The quantitative estimate of drug-likeness (QED) is 0.812. The highest BCUT2D eigenvalue weighted by Gasteiger charge is 2.50. The Hall–Kier alpha value is -1.58. The summed E-state index contributed by atoms with van der Waals surface area (Å²) < 4.78 is 19.9. The average Bonchev–Trinajstić information content (AvgIpc) is 2.73. The van der Waals surface area contributed by atoms with Crippen LogP contribution < -0.4 is 10.5 Å². The van der Waals surface area contributed by atoms with Crippen molar-refractivity contribution < 1.29 is 9.13 Å². The highest BCUT2D eigenvalue weighted by Crippen LogP contribution is 2.51. The van der Waals surface area contributed by atoms with Gasteiger partial charge in [-0.05, 0) is 30.9 Å². The molecule has 1 aromatic rings. The van der Waals surface area contributed by atoms with Crippen LogP contribution in [0.5, 0.6) is 5.75 Å². The Labute approximate surface area is 99.5 Å². The van der Waals surface area contributed by atoms with Crippen LogP contribution in [0.1, 0.15) is 30.7 Å². The Morgan fingerprint density at radius 3 is 3.12 bits per heavy atom. The van der Waals surface area contributed by atoms with Gasteiger partial charge in [0.1, 0.15) is 11.6 Å². The normalized spacial score (nSPS) is 30.5. The molecule has 1 aliphatic carbocycles. The van der Waals surface area contributed by atoms with Gasteiger partial charge >= 0.3 is 0 Å². The third-order valence-corrected chi connectivity index (χ3v) is 3.87. The second-order valence-corrected chi connectivity index (χ2v) is 4.73. The number of rotatable bonds is 1. The molecular weight excluding hydrogens is 219 g/mol. The molecule has 1 aliphatic heterocycles. The van der Waals surface area contributed by atoms with Crippen molar-refractivity contribution in [2.45, 2.75) is 30.8 Å². The fourth-order valence-corrected chi connectivity index (χ4v) is 2.94. The summed E-state index contributed by atoms with van der Waals surface area (Å²) in [5.74, 6) is 0.714. The predicted octanol–water partition coefficient (Wildman–Crippen LogP) is 2.67. The molecule has 2 atom stereocenters. The number of hydrogen-bond acceptors (Lipinski definition) is 3. The smallest absolute Gasteiger partial charge is 0.174 e. The van der Waals surface area contributed by atoms with Gasteiger partial charge in [-0.1, -0.05) is 6.07 Å². The number of ether oxygens (including phenoxy) is 1. The Kier molecular flexibility index (Phi) is 2.15. The highest BCUT2D eigenvalue weighted by atomic mass is 19.1.